The van der Waals surface area contributed by atoms with Crippen LogP contribution in [0.15, 0.2) is 53.4 Å². The van der Waals surface area contributed by atoms with Gasteiger partial charge in [-0.3, -0.25) is 9.59 Å². The Morgan fingerprint density at radius 3 is 2.70 bits per heavy atom. The van der Waals surface area contributed by atoms with Gasteiger partial charge < -0.3 is 9.64 Å². The van der Waals surface area contributed by atoms with Crippen molar-refractivity contribution in [3.63, 3.8) is 0 Å². The largest absolute Gasteiger partial charge is 0.484 e. The summed E-state index contributed by atoms with van der Waals surface area (Å²) in [7, 11) is -4.04. The number of ether oxygens (including phenoxy) is 1. The summed E-state index contributed by atoms with van der Waals surface area (Å²) in [5, 5.41) is 0. The van der Waals surface area contributed by atoms with Gasteiger partial charge in [0.2, 0.25) is 15.9 Å². The predicted molar refractivity (Wildman–Crippen MR) is 106 cm³/mol. The second-order valence-corrected chi connectivity index (χ2v) is 9.26. The molecule has 1 amide bonds. The van der Waals surface area contributed by atoms with E-state index in [1.807, 2.05) is 0 Å². The number of ketones is 1. The van der Waals surface area contributed by atoms with E-state index in [9.17, 15) is 22.4 Å². The van der Waals surface area contributed by atoms with Gasteiger partial charge in [0, 0.05) is 25.9 Å². The van der Waals surface area contributed by atoms with E-state index < -0.39 is 26.3 Å². The van der Waals surface area contributed by atoms with E-state index in [1.54, 1.807) is 29.2 Å². The zero-order valence-corrected chi connectivity index (χ0v) is 17.0. The summed E-state index contributed by atoms with van der Waals surface area (Å²) >= 11 is 0. The van der Waals surface area contributed by atoms with E-state index >= 15 is 0 Å². The van der Waals surface area contributed by atoms with Crippen molar-refractivity contribution >= 4 is 21.7 Å². The molecule has 1 spiro atoms. The molecular formula is C21H21FN2O5S. The average molecular weight is 432 g/mol. The van der Waals surface area contributed by atoms with Gasteiger partial charge >= 0.3 is 0 Å². The number of sulfonamides is 1. The summed E-state index contributed by atoms with van der Waals surface area (Å²) in [5.74, 6) is -0.584. The van der Waals surface area contributed by atoms with Crippen LogP contribution < -0.4 is 9.46 Å². The Hall–Kier alpha value is -2.78. The zero-order chi connectivity index (χ0) is 21.4. The first kappa shape index (κ1) is 20.5. The lowest BCUT2D eigenvalue weighted by molar-refractivity contribution is -0.130. The van der Waals surface area contributed by atoms with Crippen LogP contribution >= 0.6 is 0 Å². The number of likely N-dealkylation sites (tertiary alicyclic amines) is 1. The van der Waals surface area contributed by atoms with E-state index in [-0.39, 0.29) is 37.6 Å². The molecule has 30 heavy (non-hydrogen) atoms. The number of fused-ring (bicyclic) bond motifs is 1. The van der Waals surface area contributed by atoms with Gasteiger partial charge in [0.15, 0.2) is 5.78 Å². The summed E-state index contributed by atoms with van der Waals surface area (Å²) < 4.78 is 46.5. The van der Waals surface area contributed by atoms with Crippen molar-refractivity contribution in [3.8, 4) is 5.75 Å². The first-order chi connectivity index (χ1) is 14.3. The molecule has 2 aliphatic rings. The van der Waals surface area contributed by atoms with Gasteiger partial charge in [0.1, 0.15) is 22.1 Å². The molecule has 1 atom stereocenters. The fourth-order valence-electron chi connectivity index (χ4n) is 3.92. The number of amides is 1. The number of halogens is 1. The highest BCUT2D eigenvalue weighted by Gasteiger charge is 2.46. The number of nitrogens with one attached hydrogen (secondary N) is 1. The SMILES string of the molecule is O=C1CC2(CCN(C(=O)CCNS(=O)(=O)c3ccccc3F)C2)Oc2ccccc21. The number of carbonyl (C=O) groups excluding carboxylic acids is 2. The second kappa shape index (κ2) is 7.81. The minimum Gasteiger partial charge on any atom is -0.484 e. The minimum absolute atomic E-state index is 0.0104. The van der Waals surface area contributed by atoms with Gasteiger partial charge in [-0.1, -0.05) is 24.3 Å². The summed E-state index contributed by atoms with van der Waals surface area (Å²) in [5.41, 5.74) is -0.191. The van der Waals surface area contributed by atoms with E-state index in [2.05, 4.69) is 4.72 Å². The number of hydrogen-bond donors (Lipinski definition) is 1. The molecule has 2 heterocycles. The molecule has 158 valence electrons. The number of Topliss-reactive ketones (excluding diaryl/α,β-unsaturated/α-hetero) is 1. The third-order valence-electron chi connectivity index (χ3n) is 5.42. The molecule has 1 N–H and O–H groups in total. The van der Waals surface area contributed by atoms with Gasteiger partial charge in [-0.2, -0.15) is 0 Å². The maximum Gasteiger partial charge on any atom is 0.243 e. The van der Waals surface area contributed by atoms with E-state index in [0.717, 1.165) is 6.07 Å². The molecule has 2 aromatic rings. The van der Waals surface area contributed by atoms with Crippen molar-refractivity contribution in [3.05, 3.63) is 59.9 Å². The van der Waals surface area contributed by atoms with Crippen LogP contribution in [0.1, 0.15) is 29.6 Å². The van der Waals surface area contributed by atoms with Crippen molar-refractivity contribution in [1.29, 1.82) is 0 Å². The van der Waals surface area contributed by atoms with Crippen LogP contribution in [0.5, 0.6) is 5.75 Å². The van der Waals surface area contributed by atoms with Crippen LogP contribution in [-0.4, -0.2) is 50.2 Å². The van der Waals surface area contributed by atoms with Crippen LogP contribution in [0.3, 0.4) is 0 Å². The summed E-state index contributed by atoms with van der Waals surface area (Å²) in [4.78, 5) is 26.2. The summed E-state index contributed by atoms with van der Waals surface area (Å²) in [6.45, 7) is 0.544. The normalized spacial score (nSPS) is 20.8. The third-order valence-corrected chi connectivity index (χ3v) is 6.92. The maximum atomic E-state index is 13.7. The highest BCUT2D eigenvalue weighted by molar-refractivity contribution is 7.89. The molecule has 1 fully saturated rings. The van der Waals surface area contributed by atoms with Crippen LogP contribution in [0.25, 0.3) is 0 Å². The number of hydrogen-bond acceptors (Lipinski definition) is 5. The number of benzene rings is 2. The topological polar surface area (TPSA) is 92.8 Å². The Balaban J connectivity index is 1.35. The van der Waals surface area contributed by atoms with E-state index in [4.69, 9.17) is 4.74 Å². The molecule has 2 aromatic carbocycles. The molecular weight excluding hydrogens is 411 g/mol. The molecule has 2 aliphatic heterocycles. The average Bonchev–Trinajstić information content (AvgIpc) is 3.11. The number of carbonyl (C=O) groups is 2. The monoisotopic (exact) mass is 432 g/mol. The number of para-hydroxylation sites is 1. The standard InChI is InChI=1S/C21H21FN2O5S/c22-16-6-2-4-8-19(16)30(27,28)23-11-9-20(26)24-12-10-21(14-24)13-17(25)15-5-1-3-7-18(15)29-21/h1-8,23H,9-14H2. The molecule has 0 bridgehead atoms. The Morgan fingerprint density at radius 2 is 1.90 bits per heavy atom. The fraction of sp³-hybridized carbons (Fsp3) is 0.333. The van der Waals surface area contributed by atoms with E-state index in [0.29, 0.717) is 24.3 Å². The van der Waals surface area contributed by atoms with Crippen molar-refractivity contribution in [1.82, 2.24) is 9.62 Å². The first-order valence-electron chi connectivity index (χ1n) is 9.63. The zero-order valence-electron chi connectivity index (χ0n) is 16.1. The molecule has 4 rings (SSSR count). The lowest BCUT2D eigenvalue weighted by atomic mass is 9.89. The number of nitrogens with zero attached hydrogens (tertiary/aromatic N) is 1. The van der Waals surface area contributed by atoms with Crippen LogP contribution in [-0.2, 0) is 14.8 Å². The van der Waals surface area contributed by atoms with Crippen LogP contribution in [0, 0.1) is 5.82 Å². The first-order valence-corrected chi connectivity index (χ1v) is 11.1. The summed E-state index contributed by atoms with van der Waals surface area (Å²) in [6, 6.07) is 12.1. The predicted octanol–water partition coefficient (Wildman–Crippen LogP) is 2.13. The summed E-state index contributed by atoms with van der Waals surface area (Å²) in [6.07, 6.45) is 0.655. The van der Waals surface area contributed by atoms with Crippen LogP contribution in [0.4, 0.5) is 4.39 Å². The fourth-order valence-corrected chi connectivity index (χ4v) is 5.03. The maximum absolute atomic E-state index is 13.7. The Kier molecular flexibility index (Phi) is 5.33. The molecule has 1 saturated heterocycles. The van der Waals surface area contributed by atoms with Crippen molar-refractivity contribution in [2.75, 3.05) is 19.6 Å². The highest BCUT2D eigenvalue weighted by Crippen LogP contribution is 2.38. The molecule has 9 heteroatoms. The highest BCUT2D eigenvalue weighted by atomic mass is 32.2. The lowest BCUT2D eigenvalue weighted by Gasteiger charge is -2.34. The third kappa shape index (κ3) is 3.95. The molecule has 0 saturated carbocycles. The minimum atomic E-state index is -4.04. The van der Waals surface area contributed by atoms with Crippen molar-refractivity contribution < 1.29 is 27.1 Å². The lowest BCUT2D eigenvalue weighted by Crippen LogP contribution is -2.45. The molecule has 0 aliphatic carbocycles. The smallest absolute Gasteiger partial charge is 0.243 e. The van der Waals surface area contributed by atoms with Gasteiger partial charge in [0.25, 0.3) is 0 Å². The van der Waals surface area contributed by atoms with Gasteiger partial charge in [0.05, 0.1) is 18.5 Å². The van der Waals surface area contributed by atoms with Crippen molar-refractivity contribution in [2.24, 2.45) is 0 Å². The molecule has 7 nitrogen and oxygen atoms in total. The Morgan fingerprint density at radius 1 is 1.17 bits per heavy atom. The van der Waals surface area contributed by atoms with Gasteiger partial charge in [-0.05, 0) is 24.3 Å². The van der Waals surface area contributed by atoms with Gasteiger partial charge in [-0.25, -0.2) is 17.5 Å². The van der Waals surface area contributed by atoms with E-state index in [1.165, 1.54) is 18.2 Å². The van der Waals surface area contributed by atoms with Crippen molar-refractivity contribution in [2.45, 2.75) is 29.8 Å². The van der Waals surface area contributed by atoms with Gasteiger partial charge in [-0.15, -0.1) is 0 Å². The Labute approximate surface area is 173 Å². The Bertz CT molecular complexity index is 1100. The molecule has 0 aromatic heterocycles. The number of rotatable bonds is 5. The van der Waals surface area contributed by atoms with Crippen LogP contribution in [0.2, 0.25) is 0 Å². The molecule has 1 unspecified atom stereocenters. The molecule has 0 radical (unpaired) electrons. The second-order valence-electron chi connectivity index (χ2n) is 7.52. The quantitative estimate of drug-likeness (QED) is 0.782.